The second kappa shape index (κ2) is 6.60. The molecule has 1 rings (SSSR count). The highest BCUT2D eigenvalue weighted by Crippen LogP contribution is 2.20. The molecule has 0 aromatic heterocycles. The SMILES string of the molecule is CNC(=O)CNC(=O)Nc1cc(Cl)ccc1C(=O)O. The Morgan fingerprint density at radius 2 is 2.00 bits per heavy atom. The maximum atomic E-state index is 11.5. The van der Waals surface area contributed by atoms with Crippen LogP contribution in [0.4, 0.5) is 10.5 Å². The van der Waals surface area contributed by atoms with Gasteiger partial charge in [0.25, 0.3) is 0 Å². The normalized spacial score (nSPS) is 9.58. The minimum atomic E-state index is -1.20. The Morgan fingerprint density at radius 3 is 2.58 bits per heavy atom. The molecule has 1 aromatic rings. The molecule has 0 radical (unpaired) electrons. The van der Waals surface area contributed by atoms with Gasteiger partial charge in [-0.1, -0.05) is 11.6 Å². The lowest BCUT2D eigenvalue weighted by atomic mass is 10.2. The number of urea groups is 1. The van der Waals surface area contributed by atoms with Crippen molar-refractivity contribution in [1.29, 1.82) is 0 Å². The Morgan fingerprint density at radius 1 is 1.32 bits per heavy atom. The number of anilines is 1. The topological polar surface area (TPSA) is 108 Å². The first kappa shape index (κ1) is 14.8. The number of halogens is 1. The summed E-state index contributed by atoms with van der Waals surface area (Å²) in [6.07, 6.45) is 0. The highest BCUT2D eigenvalue weighted by atomic mass is 35.5. The predicted octanol–water partition coefficient (Wildman–Crippen LogP) is 0.906. The van der Waals surface area contributed by atoms with E-state index < -0.39 is 12.0 Å². The quantitative estimate of drug-likeness (QED) is 0.659. The summed E-state index contributed by atoms with van der Waals surface area (Å²) >= 11 is 5.73. The minimum Gasteiger partial charge on any atom is -0.478 e. The number of benzene rings is 1. The fourth-order valence-electron chi connectivity index (χ4n) is 1.22. The lowest BCUT2D eigenvalue weighted by Gasteiger charge is -2.09. The van der Waals surface area contributed by atoms with Crippen LogP contribution in [0.2, 0.25) is 5.02 Å². The maximum absolute atomic E-state index is 11.5. The Hall–Kier alpha value is -2.28. The van der Waals surface area contributed by atoms with Gasteiger partial charge in [0.1, 0.15) is 0 Å². The Kier molecular flexibility index (Phi) is 5.13. The van der Waals surface area contributed by atoms with Gasteiger partial charge in [-0.2, -0.15) is 0 Å². The van der Waals surface area contributed by atoms with Crippen molar-refractivity contribution in [1.82, 2.24) is 10.6 Å². The number of rotatable bonds is 4. The number of hydrogen-bond acceptors (Lipinski definition) is 3. The summed E-state index contributed by atoms with van der Waals surface area (Å²) in [5.74, 6) is -1.57. The Bertz CT molecular complexity index is 519. The molecule has 0 aliphatic heterocycles. The third-order valence-electron chi connectivity index (χ3n) is 2.15. The lowest BCUT2D eigenvalue weighted by Crippen LogP contribution is -2.37. The zero-order chi connectivity index (χ0) is 14.4. The molecule has 0 fully saturated rings. The molecule has 1 aromatic carbocycles. The van der Waals surface area contributed by atoms with Crippen LogP contribution in [0.25, 0.3) is 0 Å². The van der Waals surface area contributed by atoms with Crippen LogP contribution in [0.5, 0.6) is 0 Å². The van der Waals surface area contributed by atoms with E-state index in [0.29, 0.717) is 0 Å². The number of nitrogens with one attached hydrogen (secondary N) is 3. The zero-order valence-electron chi connectivity index (χ0n) is 9.99. The van der Waals surface area contributed by atoms with Crippen LogP contribution in [0, 0.1) is 0 Å². The van der Waals surface area contributed by atoms with Crippen LogP contribution in [0.1, 0.15) is 10.4 Å². The van der Waals surface area contributed by atoms with Gasteiger partial charge in [-0.25, -0.2) is 9.59 Å². The minimum absolute atomic E-state index is 0.0504. The summed E-state index contributed by atoms with van der Waals surface area (Å²) in [6.45, 7) is -0.217. The third kappa shape index (κ3) is 4.47. The van der Waals surface area contributed by atoms with Crippen molar-refractivity contribution >= 4 is 35.2 Å². The van der Waals surface area contributed by atoms with Crippen LogP contribution < -0.4 is 16.0 Å². The number of carboxylic acid groups (broad SMARTS) is 1. The molecular formula is C11H12ClN3O4. The van der Waals surface area contributed by atoms with E-state index in [1.807, 2.05) is 0 Å². The highest BCUT2D eigenvalue weighted by molar-refractivity contribution is 6.31. The van der Waals surface area contributed by atoms with E-state index in [1.165, 1.54) is 25.2 Å². The van der Waals surface area contributed by atoms with Gasteiger partial charge >= 0.3 is 12.0 Å². The summed E-state index contributed by atoms with van der Waals surface area (Å²) in [6, 6.07) is 3.29. The Balaban J connectivity index is 2.75. The average Bonchev–Trinajstić information content (AvgIpc) is 2.35. The molecular weight excluding hydrogens is 274 g/mol. The van der Waals surface area contributed by atoms with Gasteiger partial charge in [0.2, 0.25) is 5.91 Å². The van der Waals surface area contributed by atoms with Crippen molar-refractivity contribution in [2.45, 2.75) is 0 Å². The molecule has 0 bridgehead atoms. The predicted molar refractivity (Wildman–Crippen MR) is 69.5 cm³/mol. The number of carbonyl (C=O) groups excluding carboxylic acids is 2. The smallest absolute Gasteiger partial charge is 0.337 e. The molecule has 0 atom stereocenters. The van der Waals surface area contributed by atoms with E-state index in [0.717, 1.165) is 0 Å². The number of aromatic carboxylic acids is 1. The first-order valence-electron chi connectivity index (χ1n) is 5.22. The van der Waals surface area contributed by atoms with E-state index >= 15 is 0 Å². The van der Waals surface area contributed by atoms with Crippen LogP contribution in [0.15, 0.2) is 18.2 Å². The summed E-state index contributed by atoms with van der Waals surface area (Å²) in [7, 11) is 1.43. The van der Waals surface area contributed by atoms with Crippen LogP contribution >= 0.6 is 11.6 Å². The third-order valence-corrected chi connectivity index (χ3v) is 2.38. The second-order valence-corrected chi connectivity index (χ2v) is 3.91. The monoisotopic (exact) mass is 285 g/mol. The molecule has 19 heavy (non-hydrogen) atoms. The number of amides is 3. The van der Waals surface area contributed by atoms with E-state index in [4.69, 9.17) is 16.7 Å². The molecule has 8 heteroatoms. The highest BCUT2D eigenvalue weighted by Gasteiger charge is 2.13. The number of likely N-dealkylation sites (N-methyl/N-ethyl adjacent to an activating group) is 1. The molecule has 0 heterocycles. The molecule has 3 amide bonds. The van der Waals surface area contributed by atoms with Crippen molar-refractivity contribution < 1.29 is 19.5 Å². The van der Waals surface area contributed by atoms with Gasteiger partial charge in [-0.05, 0) is 18.2 Å². The van der Waals surface area contributed by atoms with Gasteiger partial charge in [0, 0.05) is 12.1 Å². The van der Waals surface area contributed by atoms with Crippen molar-refractivity contribution in [3.63, 3.8) is 0 Å². The molecule has 7 nitrogen and oxygen atoms in total. The van der Waals surface area contributed by atoms with Crippen molar-refractivity contribution in [3.8, 4) is 0 Å². The van der Waals surface area contributed by atoms with Crippen molar-refractivity contribution in [2.75, 3.05) is 18.9 Å². The van der Waals surface area contributed by atoms with Crippen LogP contribution in [-0.2, 0) is 4.79 Å². The number of hydrogen-bond donors (Lipinski definition) is 4. The summed E-state index contributed by atoms with van der Waals surface area (Å²) in [4.78, 5) is 33.4. The van der Waals surface area contributed by atoms with Gasteiger partial charge in [0.15, 0.2) is 0 Å². The number of carboxylic acids is 1. The molecule has 0 unspecified atom stereocenters. The maximum Gasteiger partial charge on any atom is 0.337 e. The molecule has 0 spiro atoms. The van der Waals surface area contributed by atoms with Gasteiger partial charge < -0.3 is 21.1 Å². The molecule has 0 aliphatic carbocycles. The second-order valence-electron chi connectivity index (χ2n) is 3.48. The first-order valence-corrected chi connectivity index (χ1v) is 5.60. The summed E-state index contributed by atoms with van der Waals surface area (Å²) in [5.41, 5.74) is -0.0473. The molecule has 102 valence electrons. The van der Waals surface area contributed by atoms with Gasteiger partial charge in [-0.3, -0.25) is 4.79 Å². The van der Waals surface area contributed by atoms with E-state index in [2.05, 4.69) is 16.0 Å². The van der Waals surface area contributed by atoms with E-state index in [9.17, 15) is 14.4 Å². The van der Waals surface area contributed by atoms with Crippen LogP contribution in [-0.4, -0.2) is 36.6 Å². The molecule has 4 N–H and O–H groups in total. The molecule has 0 saturated heterocycles. The number of carbonyl (C=O) groups is 3. The standard InChI is InChI=1S/C11H12ClN3O4/c1-13-9(16)5-14-11(19)15-8-4-6(12)2-3-7(8)10(17)18/h2-4H,5H2,1H3,(H,13,16)(H,17,18)(H2,14,15,19). The fraction of sp³-hybridized carbons (Fsp3) is 0.182. The largest absolute Gasteiger partial charge is 0.478 e. The molecule has 0 saturated carbocycles. The average molecular weight is 286 g/mol. The van der Waals surface area contributed by atoms with Gasteiger partial charge in [0.05, 0.1) is 17.8 Å². The van der Waals surface area contributed by atoms with Crippen molar-refractivity contribution in [2.24, 2.45) is 0 Å². The van der Waals surface area contributed by atoms with Crippen LogP contribution in [0.3, 0.4) is 0 Å². The molecule has 0 aliphatic rings. The van der Waals surface area contributed by atoms with Crippen molar-refractivity contribution in [3.05, 3.63) is 28.8 Å². The first-order chi connectivity index (χ1) is 8.93. The van der Waals surface area contributed by atoms with E-state index in [-0.39, 0.29) is 28.7 Å². The Labute approximate surface area is 113 Å². The summed E-state index contributed by atoms with van der Waals surface area (Å²) < 4.78 is 0. The van der Waals surface area contributed by atoms with E-state index in [1.54, 1.807) is 0 Å². The van der Waals surface area contributed by atoms with Gasteiger partial charge in [-0.15, -0.1) is 0 Å². The zero-order valence-corrected chi connectivity index (χ0v) is 10.7. The lowest BCUT2D eigenvalue weighted by molar-refractivity contribution is -0.119. The fourth-order valence-corrected chi connectivity index (χ4v) is 1.39. The summed E-state index contributed by atoms with van der Waals surface area (Å²) in [5, 5.41) is 16.1.